The van der Waals surface area contributed by atoms with Gasteiger partial charge in [0, 0.05) is 12.1 Å². The highest BCUT2D eigenvalue weighted by atomic mass is 16.5. The highest BCUT2D eigenvalue weighted by Gasteiger charge is 2.17. The summed E-state index contributed by atoms with van der Waals surface area (Å²) in [6, 6.07) is 7.38. The highest BCUT2D eigenvalue weighted by molar-refractivity contribution is 6.32. The molecule has 5 nitrogen and oxygen atoms in total. The predicted molar refractivity (Wildman–Crippen MR) is 75.3 cm³/mol. The summed E-state index contributed by atoms with van der Waals surface area (Å²) in [7, 11) is 0. The molecule has 0 saturated heterocycles. The Morgan fingerprint density at radius 3 is 2.45 bits per heavy atom. The van der Waals surface area contributed by atoms with E-state index in [4.69, 9.17) is 4.74 Å². The first kappa shape index (κ1) is 16.0. The van der Waals surface area contributed by atoms with Crippen molar-refractivity contribution in [1.29, 1.82) is 0 Å². The average Bonchev–Trinajstić information content (AvgIpc) is 2.35. The van der Waals surface area contributed by atoms with Crippen LogP contribution < -0.4 is 10.1 Å². The molecule has 20 heavy (non-hydrogen) atoms. The Hall–Kier alpha value is -2.04. The van der Waals surface area contributed by atoms with Crippen molar-refractivity contribution < 1.29 is 19.1 Å². The SMILES string of the molecule is CCOC(=O)C(=O)NCc1ccccc1OC(C)(C)C. The van der Waals surface area contributed by atoms with Gasteiger partial charge in [0.05, 0.1) is 6.61 Å². The third-order valence-electron chi connectivity index (χ3n) is 2.29. The maximum absolute atomic E-state index is 11.5. The lowest BCUT2D eigenvalue weighted by Gasteiger charge is -2.23. The molecule has 0 fully saturated rings. The Bertz CT molecular complexity index is 477. The molecule has 0 radical (unpaired) electrons. The van der Waals surface area contributed by atoms with Gasteiger partial charge in [-0.2, -0.15) is 0 Å². The van der Waals surface area contributed by atoms with Crippen LogP contribution in [-0.4, -0.2) is 24.1 Å². The molecule has 1 rings (SSSR count). The molecule has 0 heterocycles. The molecule has 1 N–H and O–H groups in total. The van der Waals surface area contributed by atoms with E-state index in [2.05, 4.69) is 10.1 Å². The quantitative estimate of drug-likeness (QED) is 0.676. The number of para-hydroxylation sites is 1. The van der Waals surface area contributed by atoms with Gasteiger partial charge in [-0.1, -0.05) is 18.2 Å². The zero-order valence-corrected chi connectivity index (χ0v) is 12.4. The van der Waals surface area contributed by atoms with E-state index in [0.29, 0.717) is 5.75 Å². The number of nitrogens with one attached hydrogen (secondary N) is 1. The molecule has 0 aromatic heterocycles. The number of ether oxygens (including phenoxy) is 2. The van der Waals surface area contributed by atoms with E-state index >= 15 is 0 Å². The molecule has 0 aliphatic carbocycles. The fourth-order valence-electron chi connectivity index (χ4n) is 1.52. The lowest BCUT2D eigenvalue weighted by atomic mass is 10.1. The summed E-state index contributed by atoms with van der Waals surface area (Å²) in [5, 5.41) is 2.52. The van der Waals surface area contributed by atoms with Crippen LogP contribution >= 0.6 is 0 Å². The third-order valence-corrected chi connectivity index (χ3v) is 2.29. The maximum Gasteiger partial charge on any atom is 0.396 e. The molecule has 110 valence electrons. The van der Waals surface area contributed by atoms with Crippen LogP contribution in [0.2, 0.25) is 0 Å². The summed E-state index contributed by atoms with van der Waals surface area (Å²) in [6.45, 7) is 7.88. The van der Waals surface area contributed by atoms with Gasteiger partial charge < -0.3 is 14.8 Å². The van der Waals surface area contributed by atoms with Crippen molar-refractivity contribution in [2.45, 2.75) is 39.8 Å². The lowest BCUT2D eigenvalue weighted by Crippen LogP contribution is -2.32. The highest BCUT2D eigenvalue weighted by Crippen LogP contribution is 2.22. The molecule has 0 bridgehead atoms. The Balaban J connectivity index is 2.69. The van der Waals surface area contributed by atoms with Crippen LogP contribution in [0.1, 0.15) is 33.3 Å². The van der Waals surface area contributed by atoms with Gasteiger partial charge >= 0.3 is 11.9 Å². The fourth-order valence-corrected chi connectivity index (χ4v) is 1.52. The van der Waals surface area contributed by atoms with Gasteiger partial charge in [0.1, 0.15) is 11.4 Å². The van der Waals surface area contributed by atoms with Gasteiger partial charge in [0.15, 0.2) is 0 Å². The number of amides is 1. The molecular weight excluding hydrogens is 258 g/mol. The minimum Gasteiger partial charge on any atom is -0.488 e. The summed E-state index contributed by atoms with van der Waals surface area (Å²) >= 11 is 0. The molecule has 1 aromatic rings. The second-order valence-electron chi connectivity index (χ2n) is 5.23. The first-order valence-electron chi connectivity index (χ1n) is 6.55. The van der Waals surface area contributed by atoms with Crippen LogP contribution in [0, 0.1) is 0 Å². The van der Waals surface area contributed by atoms with Gasteiger partial charge in [-0.05, 0) is 33.8 Å². The predicted octanol–water partition coefficient (Wildman–Crippen LogP) is 2.04. The van der Waals surface area contributed by atoms with E-state index in [1.165, 1.54) is 0 Å². The Morgan fingerprint density at radius 1 is 1.20 bits per heavy atom. The number of carbonyl (C=O) groups is 2. The van der Waals surface area contributed by atoms with E-state index in [-0.39, 0.29) is 18.8 Å². The van der Waals surface area contributed by atoms with Crippen LogP contribution in [0.25, 0.3) is 0 Å². The van der Waals surface area contributed by atoms with Crippen LogP contribution in [0.3, 0.4) is 0 Å². The molecule has 0 saturated carbocycles. The number of hydrogen-bond donors (Lipinski definition) is 1. The Labute approximate surface area is 119 Å². The summed E-state index contributed by atoms with van der Waals surface area (Å²) in [4.78, 5) is 22.7. The molecule has 0 atom stereocenters. The standard InChI is InChI=1S/C15H21NO4/c1-5-19-14(18)13(17)16-10-11-8-6-7-9-12(11)20-15(2,3)4/h6-9H,5,10H2,1-4H3,(H,16,17). The van der Waals surface area contributed by atoms with E-state index in [1.54, 1.807) is 6.92 Å². The minimum atomic E-state index is -0.873. The number of esters is 1. The smallest absolute Gasteiger partial charge is 0.396 e. The van der Waals surface area contributed by atoms with Crippen LogP contribution in [0.15, 0.2) is 24.3 Å². The van der Waals surface area contributed by atoms with Crippen molar-refractivity contribution in [3.8, 4) is 5.75 Å². The second-order valence-corrected chi connectivity index (χ2v) is 5.23. The summed E-state index contributed by atoms with van der Waals surface area (Å²) in [5.74, 6) is -0.941. The zero-order chi connectivity index (χ0) is 15.2. The molecule has 1 aromatic carbocycles. The topological polar surface area (TPSA) is 64.6 Å². The molecule has 0 aliphatic rings. The molecule has 0 spiro atoms. The molecule has 5 heteroatoms. The largest absolute Gasteiger partial charge is 0.488 e. The van der Waals surface area contributed by atoms with Crippen LogP contribution in [0.4, 0.5) is 0 Å². The van der Waals surface area contributed by atoms with Crippen molar-refractivity contribution in [3.63, 3.8) is 0 Å². The molecule has 1 amide bonds. The van der Waals surface area contributed by atoms with Crippen LogP contribution in [0.5, 0.6) is 5.75 Å². The van der Waals surface area contributed by atoms with Crippen molar-refractivity contribution in [2.75, 3.05) is 6.61 Å². The Kier molecular flexibility index (Phi) is 5.55. The van der Waals surface area contributed by atoms with Crippen molar-refractivity contribution in [2.24, 2.45) is 0 Å². The molecule has 0 aliphatic heterocycles. The second kappa shape index (κ2) is 6.93. The Morgan fingerprint density at radius 2 is 1.85 bits per heavy atom. The first-order chi connectivity index (χ1) is 9.33. The molecular formula is C15H21NO4. The van der Waals surface area contributed by atoms with Gasteiger partial charge in [-0.25, -0.2) is 4.79 Å². The van der Waals surface area contributed by atoms with Gasteiger partial charge in [0.25, 0.3) is 0 Å². The van der Waals surface area contributed by atoms with Crippen molar-refractivity contribution in [3.05, 3.63) is 29.8 Å². The van der Waals surface area contributed by atoms with Gasteiger partial charge in [-0.3, -0.25) is 4.79 Å². The van der Waals surface area contributed by atoms with Gasteiger partial charge in [0.2, 0.25) is 0 Å². The summed E-state index contributed by atoms with van der Waals surface area (Å²) in [6.07, 6.45) is 0. The number of rotatable bonds is 4. The number of benzene rings is 1. The monoisotopic (exact) mass is 279 g/mol. The fraction of sp³-hybridized carbons (Fsp3) is 0.467. The van der Waals surface area contributed by atoms with E-state index < -0.39 is 11.9 Å². The summed E-state index contributed by atoms with van der Waals surface area (Å²) in [5.41, 5.74) is 0.474. The van der Waals surface area contributed by atoms with E-state index in [0.717, 1.165) is 5.56 Å². The molecule has 0 unspecified atom stereocenters. The number of hydrogen-bond acceptors (Lipinski definition) is 4. The zero-order valence-electron chi connectivity index (χ0n) is 12.4. The van der Waals surface area contributed by atoms with Crippen molar-refractivity contribution >= 4 is 11.9 Å². The van der Waals surface area contributed by atoms with E-state index in [1.807, 2.05) is 45.0 Å². The number of carbonyl (C=O) groups excluding carboxylic acids is 2. The van der Waals surface area contributed by atoms with E-state index in [9.17, 15) is 9.59 Å². The van der Waals surface area contributed by atoms with Crippen molar-refractivity contribution in [1.82, 2.24) is 5.32 Å². The van der Waals surface area contributed by atoms with Crippen LogP contribution in [-0.2, 0) is 20.9 Å². The third kappa shape index (κ3) is 5.30. The average molecular weight is 279 g/mol. The first-order valence-corrected chi connectivity index (χ1v) is 6.55. The maximum atomic E-state index is 11.5. The van der Waals surface area contributed by atoms with Gasteiger partial charge in [-0.15, -0.1) is 0 Å². The minimum absolute atomic E-state index is 0.177. The normalized spacial score (nSPS) is 10.8. The summed E-state index contributed by atoms with van der Waals surface area (Å²) < 4.78 is 10.4. The lowest BCUT2D eigenvalue weighted by molar-refractivity contribution is -0.154.